The Morgan fingerprint density at radius 2 is 1.82 bits per heavy atom. The molecule has 1 amide bonds. The fourth-order valence-corrected chi connectivity index (χ4v) is 2.10. The van der Waals surface area contributed by atoms with Crippen molar-refractivity contribution < 1.29 is 9.53 Å². The van der Waals surface area contributed by atoms with Crippen LogP contribution in [0, 0.1) is 0 Å². The van der Waals surface area contributed by atoms with E-state index in [9.17, 15) is 4.79 Å². The van der Waals surface area contributed by atoms with E-state index >= 15 is 0 Å². The normalized spacial score (nSPS) is 10.6. The molecule has 0 aliphatic carbocycles. The molecule has 0 bridgehead atoms. The summed E-state index contributed by atoms with van der Waals surface area (Å²) in [7, 11) is 0. The second kappa shape index (κ2) is 8.67. The molecule has 2 rings (SSSR count). The average Bonchev–Trinajstić information content (AvgIpc) is 2.55. The molecule has 3 heteroatoms. The maximum atomic E-state index is 11.8. The predicted octanol–water partition coefficient (Wildman–Crippen LogP) is 3.46. The Labute approximate surface area is 131 Å². The molecular formula is C19H21NO2. The van der Waals surface area contributed by atoms with Gasteiger partial charge in [-0.3, -0.25) is 4.79 Å². The van der Waals surface area contributed by atoms with Gasteiger partial charge in [0, 0.05) is 18.2 Å². The topological polar surface area (TPSA) is 38.3 Å². The number of hydrogen-bond donors (Lipinski definition) is 1. The summed E-state index contributed by atoms with van der Waals surface area (Å²) in [5.74, 6) is 0.695. The number of ether oxygens (including phenoxy) is 1. The molecular weight excluding hydrogens is 274 g/mol. The average molecular weight is 295 g/mol. The van der Waals surface area contributed by atoms with Crippen molar-refractivity contribution in [2.45, 2.75) is 13.3 Å². The zero-order valence-corrected chi connectivity index (χ0v) is 12.8. The van der Waals surface area contributed by atoms with Gasteiger partial charge in [-0.05, 0) is 31.1 Å². The molecule has 0 heterocycles. The minimum atomic E-state index is -0.0952. The molecule has 2 aromatic rings. The summed E-state index contributed by atoms with van der Waals surface area (Å²) in [6.07, 6.45) is 4.15. The Bertz CT molecular complexity index is 620. The van der Waals surface area contributed by atoms with Crippen molar-refractivity contribution in [3.05, 3.63) is 71.8 Å². The van der Waals surface area contributed by atoms with E-state index in [0.29, 0.717) is 13.2 Å². The fraction of sp³-hybridized carbons (Fsp3) is 0.211. The minimum absolute atomic E-state index is 0.0952. The Hall–Kier alpha value is -2.55. The highest BCUT2D eigenvalue weighted by Crippen LogP contribution is 2.19. The van der Waals surface area contributed by atoms with Crippen LogP contribution in [0.4, 0.5) is 0 Å². The van der Waals surface area contributed by atoms with E-state index in [1.165, 1.54) is 5.56 Å². The third-order valence-corrected chi connectivity index (χ3v) is 3.19. The highest BCUT2D eigenvalue weighted by Gasteiger charge is 2.00. The van der Waals surface area contributed by atoms with Crippen molar-refractivity contribution in [1.29, 1.82) is 0 Å². The molecule has 0 aliphatic heterocycles. The Kier molecular flexibility index (Phi) is 6.24. The van der Waals surface area contributed by atoms with Crippen LogP contribution in [0.3, 0.4) is 0 Å². The Morgan fingerprint density at radius 1 is 1.09 bits per heavy atom. The fourth-order valence-electron chi connectivity index (χ4n) is 2.10. The van der Waals surface area contributed by atoms with Crippen LogP contribution in [0.15, 0.2) is 60.7 Å². The second-order valence-electron chi connectivity index (χ2n) is 4.83. The maximum Gasteiger partial charge on any atom is 0.244 e. The predicted molar refractivity (Wildman–Crippen MR) is 89.8 cm³/mol. The van der Waals surface area contributed by atoms with Crippen molar-refractivity contribution in [3.8, 4) is 5.75 Å². The molecule has 0 unspecified atom stereocenters. The molecule has 1 N–H and O–H groups in total. The van der Waals surface area contributed by atoms with Crippen LogP contribution < -0.4 is 10.1 Å². The van der Waals surface area contributed by atoms with Gasteiger partial charge in [0.2, 0.25) is 5.91 Å². The van der Waals surface area contributed by atoms with E-state index < -0.39 is 0 Å². The number of para-hydroxylation sites is 1. The number of nitrogens with one attached hydrogen (secondary N) is 1. The molecule has 0 saturated carbocycles. The molecule has 0 radical (unpaired) electrons. The summed E-state index contributed by atoms with van der Waals surface area (Å²) in [5, 5.41) is 2.89. The molecule has 0 atom stereocenters. The van der Waals surface area contributed by atoms with Gasteiger partial charge in [-0.15, -0.1) is 0 Å². The van der Waals surface area contributed by atoms with Crippen LogP contribution in [0.1, 0.15) is 18.1 Å². The Morgan fingerprint density at radius 3 is 2.59 bits per heavy atom. The van der Waals surface area contributed by atoms with Gasteiger partial charge in [-0.2, -0.15) is 0 Å². The number of carbonyl (C=O) groups is 1. The first-order valence-electron chi connectivity index (χ1n) is 7.51. The largest absolute Gasteiger partial charge is 0.493 e. The first-order valence-corrected chi connectivity index (χ1v) is 7.51. The summed E-state index contributed by atoms with van der Waals surface area (Å²) in [6.45, 7) is 3.17. The van der Waals surface area contributed by atoms with E-state index in [2.05, 4.69) is 17.4 Å². The zero-order chi connectivity index (χ0) is 15.6. The van der Waals surface area contributed by atoms with Crippen molar-refractivity contribution in [1.82, 2.24) is 5.32 Å². The number of amides is 1. The van der Waals surface area contributed by atoms with Crippen molar-refractivity contribution in [2.24, 2.45) is 0 Å². The first-order chi connectivity index (χ1) is 10.8. The number of benzene rings is 2. The molecule has 0 aliphatic rings. The van der Waals surface area contributed by atoms with Gasteiger partial charge in [-0.1, -0.05) is 48.5 Å². The summed E-state index contributed by atoms with van der Waals surface area (Å²) >= 11 is 0. The third-order valence-electron chi connectivity index (χ3n) is 3.19. The van der Waals surface area contributed by atoms with Crippen LogP contribution >= 0.6 is 0 Å². The van der Waals surface area contributed by atoms with Crippen molar-refractivity contribution in [3.63, 3.8) is 0 Å². The van der Waals surface area contributed by atoms with Crippen LogP contribution in [0.25, 0.3) is 6.08 Å². The van der Waals surface area contributed by atoms with Crippen LogP contribution in [-0.4, -0.2) is 19.1 Å². The van der Waals surface area contributed by atoms with Crippen molar-refractivity contribution >= 4 is 12.0 Å². The maximum absolute atomic E-state index is 11.8. The molecule has 0 saturated heterocycles. The second-order valence-corrected chi connectivity index (χ2v) is 4.83. The Balaban J connectivity index is 1.84. The lowest BCUT2D eigenvalue weighted by Crippen LogP contribution is -2.23. The molecule has 0 aromatic heterocycles. The van der Waals surface area contributed by atoms with E-state index in [-0.39, 0.29) is 5.91 Å². The standard InChI is InChI=1S/C19H21NO2/c1-2-22-18-11-7-6-10-17(18)12-13-19(21)20-15-14-16-8-4-3-5-9-16/h3-13H,2,14-15H2,1H3,(H,20,21)/b13-12+. The highest BCUT2D eigenvalue weighted by atomic mass is 16.5. The van der Waals surface area contributed by atoms with Crippen LogP contribution in [-0.2, 0) is 11.2 Å². The van der Waals surface area contributed by atoms with Gasteiger partial charge in [0.05, 0.1) is 6.61 Å². The lowest BCUT2D eigenvalue weighted by atomic mass is 10.1. The first kappa shape index (κ1) is 15.8. The van der Waals surface area contributed by atoms with Gasteiger partial charge in [0.25, 0.3) is 0 Å². The van der Waals surface area contributed by atoms with Gasteiger partial charge in [0.15, 0.2) is 0 Å². The molecule has 22 heavy (non-hydrogen) atoms. The van der Waals surface area contributed by atoms with Crippen LogP contribution in [0.5, 0.6) is 5.75 Å². The highest BCUT2D eigenvalue weighted by molar-refractivity contribution is 5.92. The third kappa shape index (κ3) is 5.09. The summed E-state index contributed by atoms with van der Waals surface area (Å²) in [6, 6.07) is 17.8. The minimum Gasteiger partial charge on any atom is -0.493 e. The lowest BCUT2D eigenvalue weighted by Gasteiger charge is -2.06. The molecule has 2 aromatic carbocycles. The van der Waals surface area contributed by atoms with E-state index in [0.717, 1.165) is 17.7 Å². The number of hydrogen-bond acceptors (Lipinski definition) is 2. The number of carbonyl (C=O) groups excluding carboxylic acids is 1. The number of rotatable bonds is 7. The summed E-state index contributed by atoms with van der Waals surface area (Å²) < 4.78 is 5.53. The smallest absolute Gasteiger partial charge is 0.244 e. The monoisotopic (exact) mass is 295 g/mol. The van der Waals surface area contributed by atoms with E-state index in [1.807, 2.05) is 49.4 Å². The quantitative estimate of drug-likeness (QED) is 0.794. The van der Waals surface area contributed by atoms with Gasteiger partial charge >= 0.3 is 0 Å². The van der Waals surface area contributed by atoms with Gasteiger partial charge in [-0.25, -0.2) is 0 Å². The molecule has 0 spiro atoms. The SMILES string of the molecule is CCOc1ccccc1/C=C/C(=O)NCCc1ccccc1. The molecule has 114 valence electrons. The summed E-state index contributed by atoms with van der Waals surface area (Å²) in [4.78, 5) is 11.8. The van der Waals surface area contributed by atoms with Gasteiger partial charge < -0.3 is 10.1 Å². The molecule has 0 fully saturated rings. The van der Waals surface area contributed by atoms with E-state index in [1.54, 1.807) is 12.2 Å². The van der Waals surface area contributed by atoms with Crippen molar-refractivity contribution in [2.75, 3.05) is 13.2 Å². The van der Waals surface area contributed by atoms with Gasteiger partial charge in [0.1, 0.15) is 5.75 Å². The molecule has 3 nitrogen and oxygen atoms in total. The summed E-state index contributed by atoms with van der Waals surface area (Å²) in [5.41, 5.74) is 2.12. The zero-order valence-electron chi connectivity index (χ0n) is 12.8. The van der Waals surface area contributed by atoms with Crippen LogP contribution in [0.2, 0.25) is 0 Å². The lowest BCUT2D eigenvalue weighted by molar-refractivity contribution is -0.116. The van der Waals surface area contributed by atoms with E-state index in [4.69, 9.17) is 4.74 Å².